The molecule has 1 aliphatic carbocycles. The van der Waals surface area contributed by atoms with Crippen molar-refractivity contribution in [3.8, 4) is 0 Å². The molecule has 0 atom stereocenters. The third-order valence-electron chi connectivity index (χ3n) is 3.61. The van der Waals surface area contributed by atoms with Crippen molar-refractivity contribution in [1.29, 1.82) is 0 Å². The molecule has 100 valence electrons. The fraction of sp³-hybridized carbons (Fsp3) is 0.500. The summed E-state index contributed by atoms with van der Waals surface area (Å²) in [5, 5.41) is 5.33. The first kappa shape index (κ1) is 11.8. The molecule has 2 fully saturated rings. The van der Waals surface area contributed by atoms with Crippen LogP contribution in [0.4, 0.5) is 0 Å². The van der Waals surface area contributed by atoms with E-state index >= 15 is 0 Å². The molecule has 4 rings (SSSR count). The Morgan fingerprint density at radius 1 is 1.37 bits per heavy atom. The molecule has 2 aliphatic rings. The summed E-state index contributed by atoms with van der Waals surface area (Å²) in [6.45, 7) is 2.62. The number of imidazole rings is 1. The van der Waals surface area contributed by atoms with Crippen LogP contribution in [0.3, 0.4) is 0 Å². The molecule has 0 spiro atoms. The van der Waals surface area contributed by atoms with Crippen LogP contribution < -0.4 is 5.32 Å². The summed E-state index contributed by atoms with van der Waals surface area (Å²) in [4.78, 5) is 4.76. The van der Waals surface area contributed by atoms with Gasteiger partial charge < -0.3 is 14.5 Å². The molecule has 0 aromatic carbocycles. The lowest BCUT2D eigenvalue weighted by molar-refractivity contribution is 0.0454. The Morgan fingerprint density at radius 2 is 2.26 bits per heavy atom. The van der Waals surface area contributed by atoms with Crippen molar-refractivity contribution in [2.24, 2.45) is 0 Å². The number of hydrogen-bond donors (Lipinski definition) is 1. The fourth-order valence-corrected chi connectivity index (χ4v) is 3.35. The third kappa shape index (κ3) is 2.38. The lowest BCUT2D eigenvalue weighted by Gasteiger charge is -2.24. The lowest BCUT2D eigenvalue weighted by Crippen LogP contribution is -2.30. The van der Waals surface area contributed by atoms with Crippen molar-refractivity contribution < 1.29 is 4.74 Å². The molecule has 5 heteroatoms. The minimum atomic E-state index is 0.574. The van der Waals surface area contributed by atoms with E-state index in [0.29, 0.717) is 5.25 Å². The van der Waals surface area contributed by atoms with Gasteiger partial charge >= 0.3 is 0 Å². The number of thioether (sulfide) groups is 1. The SMILES string of the molecule is c1ccn2c(CNC3CC3)c(SC3COC3)nc2c1. The van der Waals surface area contributed by atoms with Gasteiger partial charge in [0.2, 0.25) is 0 Å². The van der Waals surface area contributed by atoms with Crippen LogP contribution in [-0.4, -0.2) is 33.9 Å². The Kier molecular flexibility index (Phi) is 2.98. The Labute approximate surface area is 116 Å². The minimum absolute atomic E-state index is 0.574. The standard InChI is InChI=1S/C14H17N3OS/c1-2-6-17-12(7-15-10-4-5-10)14(16-13(17)3-1)19-11-8-18-9-11/h1-3,6,10-11,15H,4-5,7-9H2. The van der Waals surface area contributed by atoms with E-state index in [0.717, 1.165) is 36.5 Å². The van der Waals surface area contributed by atoms with Crippen molar-refractivity contribution in [3.63, 3.8) is 0 Å². The molecule has 19 heavy (non-hydrogen) atoms. The van der Waals surface area contributed by atoms with Gasteiger partial charge in [-0.3, -0.25) is 0 Å². The first-order valence-corrected chi connectivity index (χ1v) is 7.72. The summed E-state index contributed by atoms with van der Waals surface area (Å²) in [6, 6.07) is 6.90. The maximum absolute atomic E-state index is 5.26. The summed E-state index contributed by atoms with van der Waals surface area (Å²) in [6.07, 6.45) is 4.74. The quantitative estimate of drug-likeness (QED) is 0.906. The number of pyridine rings is 1. The van der Waals surface area contributed by atoms with Gasteiger partial charge in [0.15, 0.2) is 0 Å². The molecule has 0 bridgehead atoms. The lowest BCUT2D eigenvalue weighted by atomic mass is 10.4. The van der Waals surface area contributed by atoms with Gasteiger partial charge in [0.05, 0.1) is 24.2 Å². The van der Waals surface area contributed by atoms with Gasteiger partial charge in [0.25, 0.3) is 0 Å². The molecule has 1 saturated carbocycles. The van der Waals surface area contributed by atoms with Crippen molar-refractivity contribution in [3.05, 3.63) is 30.1 Å². The second kappa shape index (κ2) is 4.81. The smallest absolute Gasteiger partial charge is 0.138 e. The molecule has 3 heterocycles. The van der Waals surface area contributed by atoms with E-state index in [1.54, 1.807) is 0 Å². The Bertz CT molecular complexity index is 589. The number of rotatable bonds is 5. The van der Waals surface area contributed by atoms with E-state index in [1.165, 1.54) is 18.5 Å². The zero-order valence-corrected chi connectivity index (χ0v) is 11.5. The van der Waals surface area contributed by atoms with Gasteiger partial charge in [0.1, 0.15) is 10.7 Å². The van der Waals surface area contributed by atoms with Crippen molar-refractivity contribution in [2.45, 2.75) is 35.7 Å². The first-order valence-electron chi connectivity index (χ1n) is 6.84. The zero-order chi connectivity index (χ0) is 12.7. The Morgan fingerprint density at radius 3 is 3.00 bits per heavy atom. The van der Waals surface area contributed by atoms with Crippen molar-refractivity contribution >= 4 is 17.4 Å². The summed E-state index contributed by atoms with van der Waals surface area (Å²) in [5.41, 5.74) is 2.33. The second-order valence-electron chi connectivity index (χ2n) is 5.22. The summed E-state index contributed by atoms with van der Waals surface area (Å²) in [7, 11) is 0. The molecule has 4 nitrogen and oxygen atoms in total. The summed E-state index contributed by atoms with van der Waals surface area (Å²) >= 11 is 1.86. The van der Waals surface area contributed by atoms with Crippen molar-refractivity contribution in [1.82, 2.24) is 14.7 Å². The summed E-state index contributed by atoms with van der Waals surface area (Å²) < 4.78 is 7.46. The van der Waals surface area contributed by atoms with Gasteiger partial charge in [-0.15, -0.1) is 0 Å². The zero-order valence-electron chi connectivity index (χ0n) is 10.7. The average molecular weight is 275 g/mol. The highest BCUT2D eigenvalue weighted by molar-refractivity contribution is 8.00. The second-order valence-corrected chi connectivity index (χ2v) is 6.51. The number of nitrogens with one attached hydrogen (secondary N) is 1. The highest BCUT2D eigenvalue weighted by atomic mass is 32.2. The Hall–Kier alpha value is -1.04. The molecule has 0 radical (unpaired) electrons. The largest absolute Gasteiger partial charge is 0.379 e. The van der Waals surface area contributed by atoms with E-state index in [1.807, 2.05) is 17.8 Å². The molecule has 1 saturated heterocycles. The van der Waals surface area contributed by atoms with Gasteiger partial charge in [-0.1, -0.05) is 17.8 Å². The first-order chi connectivity index (χ1) is 9.40. The van der Waals surface area contributed by atoms with E-state index in [2.05, 4.69) is 28.0 Å². The van der Waals surface area contributed by atoms with Crippen molar-refractivity contribution in [2.75, 3.05) is 13.2 Å². The maximum atomic E-state index is 5.26. The number of nitrogens with zero attached hydrogens (tertiary/aromatic N) is 2. The molecule has 0 amide bonds. The van der Waals surface area contributed by atoms with Crippen LogP contribution in [0.2, 0.25) is 0 Å². The number of hydrogen-bond acceptors (Lipinski definition) is 4. The van der Waals surface area contributed by atoms with Crippen LogP contribution in [0.5, 0.6) is 0 Å². The average Bonchev–Trinajstić information content (AvgIpc) is 3.13. The Balaban J connectivity index is 1.64. The molecule has 0 unspecified atom stereocenters. The van der Waals surface area contributed by atoms with Gasteiger partial charge in [-0.05, 0) is 25.0 Å². The molecule has 2 aromatic rings. The van der Waals surface area contributed by atoms with Crippen LogP contribution in [0.1, 0.15) is 18.5 Å². The van der Waals surface area contributed by atoms with Gasteiger partial charge in [-0.25, -0.2) is 4.98 Å². The molecule has 2 aromatic heterocycles. The maximum Gasteiger partial charge on any atom is 0.138 e. The predicted molar refractivity (Wildman–Crippen MR) is 75.5 cm³/mol. The number of aromatic nitrogens is 2. The number of fused-ring (bicyclic) bond motifs is 1. The van der Waals surface area contributed by atoms with Crippen LogP contribution >= 0.6 is 11.8 Å². The van der Waals surface area contributed by atoms with Gasteiger partial charge in [-0.2, -0.15) is 0 Å². The van der Waals surface area contributed by atoms with Crippen LogP contribution in [0.25, 0.3) is 5.65 Å². The van der Waals surface area contributed by atoms with Crippen LogP contribution in [0.15, 0.2) is 29.4 Å². The van der Waals surface area contributed by atoms with Crippen LogP contribution in [-0.2, 0) is 11.3 Å². The van der Waals surface area contributed by atoms with E-state index in [9.17, 15) is 0 Å². The van der Waals surface area contributed by atoms with E-state index < -0.39 is 0 Å². The van der Waals surface area contributed by atoms with Gasteiger partial charge in [0, 0.05) is 18.8 Å². The van der Waals surface area contributed by atoms with Crippen LogP contribution in [0, 0.1) is 0 Å². The molecule has 1 aliphatic heterocycles. The normalized spacial score (nSPS) is 19.8. The van der Waals surface area contributed by atoms with E-state index in [4.69, 9.17) is 9.72 Å². The van der Waals surface area contributed by atoms with E-state index in [-0.39, 0.29) is 0 Å². The molecular weight excluding hydrogens is 258 g/mol. The third-order valence-corrected chi connectivity index (χ3v) is 4.77. The summed E-state index contributed by atoms with van der Waals surface area (Å²) in [5.74, 6) is 0. The topological polar surface area (TPSA) is 38.6 Å². The predicted octanol–water partition coefficient (Wildman–Crippen LogP) is 2.08. The molecular formula is C14H17N3OS. The molecule has 1 N–H and O–H groups in total. The highest BCUT2D eigenvalue weighted by Crippen LogP contribution is 2.31. The minimum Gasteiger partial charge on any atom is -0.379 e. The monoisotopic (exact) mass is 275 g/mol. The fourth-order valence-electron chi connectivity index (χ4n) is 2.25. The number of ether oxygens (including phenoxy) is 1. The highest BCUT2D eigenvalue weighted by Gasteiger charge is 2.25.